The summed E-state index contributed by atoms with van der Waals surface area (Å²) in [7, 11) is 0. The number of aromatic nitrogens is 1. The van der Waals surface area contributed by atoms with Crippen LogP contribution in [-0.4, -0.2) is 11.1 Å². The van der Waals surface area contributed by atoms with Gasteiger partial charge in [0.1, 0.15) is 18.1 Å². The lowest BCUT2D eigenvalue weighted by Gasteiger charge is -2.06. The normalized spacial score (nSPS) is 10.3. The van der Waals surface area contributed by atoms with E-state index in [0.717, 1.165) is 17.0 Å². The second-order valence-electron chi connectivity index (χ2n) is 3.98. The summed E-state index contributed by atoms with van der Waals surface area (Å²) >= 11 is 0. The van der Waals surface area contributed by atoms with Gasteiger partial charge in [0, 0.05) is 5.56 Å². The monoisotopic (exact) mass is 246 g/mol. The van der Waals surface area contributed by atoms with Crippen LogP contribution in [0.3, 0.4) is 0 Å². The van der Waals surface area contributed by atoms with Crippen molar-refractivity contribution in [3.63, 3.8) is 0 Å². The first-order valence-electron chi connectivity index (χ1n) is 5.52. The van der Waals surface area contributed by atoms with Crippen molar-refractivity contribution in [3.05, 3.63) is 46.8 Å². The minimum Gasteiger partial charge on any atom is -0.489 e. The number of rotatable bonds is 4. The summed E-state index contributed by atoms with van der Waals surface area (Å²) < 4.78 is 10.6. The number of carbonyl (C=O) groups is 1. The van der Waals surface area contributed by atoms with E-state index in [4.69, 9.17) is 15.0 Å². The molecule has 0 aliphatic rings. The van der Waals surface area contributed by atoms with Crippen molar-refractivity contribution in [1.82, 2.24) is 5.16 Å². The molecule has 2 N–H and O–H groups in total. The first-order valence-corrected chi connectivity index (χ1v) is 5.52. The molecule has 94 valence electrons. The minimum atomic E-state index is -0.452. The number of nitrogens with zero attached hydrogens (tertiary/aromatic N) is 1. The van der Waals surface area contributed by atoms with Gasteiger partial charge >= 0.3 is 0 Å². The van der Waals surface area contributed by atoms with Gasteiger partial charge in [0.05, 0.1) is 11.3 Å². The molecule has 0 fully saturated rings. The Morgan fingerprint density at radius 2 is 2.00 bits per heavy atom. The Kier molecular flexibility index (Phi) is 3.32. The summed E-state index contributed by atoms with van der Waals surface area (Å²) in [5.74, 6) is 0.966. The Balaban J connectivity index is 2.04. The molecule has 2 aromatic rings. The zero-order valence-corrected chi connectivity index (χ0v) is 10.3. The van der Waals surface area contributed by atoms with Crippen LogP contribution in [0.15, 0.2) is 28.8 Å². The smallest absolute Gasteiger partial charge is 0.248 e. The minimum absolute atomic E-state index is 0.386. The van der Waals surface area contributed by atoms with Crippen molar-refractivity contribution in [3.8, 4) is 5.75 Å². The highest BCUT2D eigenvalue weighted by Gasteiger charge is 2.09. The van der Waals surface area contributed by atoms with Crippen LogP contribution in [0.5, 0.6) is 5.75 Å². The third-order valence-corrected chi connectivity index (χ3v) is 2.70. The third-order valence-electron chi connectivity index (χ3n) is 2.70. The Bertz CT molecular complexity index is 539. The number of hydrogen-bond acceptors (Lipinski definition) is 4. The molecule has 0 unspecified atom stereocenters. The highest BCUT2D eigenvalue weighted by atomic mass is 16.5. The molecule has 1 amide bonds. The van der Waals surface area contributed by atoms with Gasteiger partial charge in [-0.3, -0.25) is 4.79 Å². The second kappa shape index (κ2) is 4.91. The van der Waals surface area contributed by atoms with E-state index in [1.165, 1.54) is 0 Å². The van der Waals surface area contributed by atoms with Crippen LogP contribution in [0.2, 0.25) is 0 Å². The van der Waals surface area contributed by atoms with E-state index in [1.807, 2.05) is 13.8 Å². The molecule has 5 nitrogen and oxygen atoms in total. The van der Waals surface area contributed by atoms with E-state index in [0.29, 0.717) is 17.9 Å². The van der Waals surface area contributed by atoms with E-state index in [9.17, 15) is 4.79 Å². The first-order chi connectivity index (χ1) is 8.58. The van der Waals surface area contributed by atoms with Gasteiger partial charge in [0.15, 0.2) is 0 Å². The molecule has 5 heteroatoms. The molecule has 0 saturated carbocycles. The molecule has 0 saturated heterocycles. The maximum atomic E-state index is 10.9. The van der Waals surface area contributed by atoms with E-state index in [2.05, 4.69) is 5.16 Å². The molecule has 0 radical (unpaired) electrons. The molecule has 0 aliphatic carbocycles. The average Bonchev–Trinajstić information content (AvgIpc) is 2.67. The lowest BCUT2D eigenvalue weighted by Crippen LogP contribution is -2.10. The van der Waals surface area contributed by atoms with Crippen LogP contribution in [0.25, 0.3) is 0 Å². The molecule has 1 aromatic carbocycles. The van der Waals surface area contributed by atoms with E-state index in [1.54, 1.807) is 24.3 Å². The summed E-state index contributed by atoms with van der Waals surface area (Å²) in [5.41, 5.74) is 7.37. The highest BCUT2D eigenvalue weighted by Crippen LogP contribution is 2.17. The van der Waals surface area contributed by atoms with Crippen LogP contribution in [0.1, 0.15) is 27.4 Å². The van der Waals surface area contributed by atoms with Gasteiger partial charge < -0.3 is 15.0 Å². The first kappa shape index (κ1) is 12.2. The van der Waals surface area contributed by atoms with Gasteiger partial charge in [-0.2, -0.15) is 0 Å². The zero-order valence-electron chi connectivity index (χ0n) is 10.3. The molecule has 0 atom stereocenters. The van der Waals surface area contributed by atoms with Gasteiger partial charge in [-0.25, -0.2) is 0 Å². The molecule has 2 rings (SSSR count). The maximum Gasteiger partial charge on any atom is 0.248 e. The topological polar surface area (TPSA) is 78.3 Å². The predicted molar refractivity (Wildman–Crippen MR) is 65.3 cm³/mol. The number of benzene rings is 1. The maximum absolute atomic E-state index is 10.9. The summed E-state index contributed by atoms with van der Waals surface area (Å²) in [5, 5.41) is 3.85. The number of hydrogen-bond donors (Lipinski definition) is 1. The predicted octanol–water partition coefficient (Wildman–Crippen LogP) is 1.97. The van der Waals surface area contributed by atoms with Crippen LogP contribution in [-0.2, 0) is 6.61 Å². The van der Waals surface area contributed by atoms with Crippen LogP contribution in [0, 0.1) is 13.8 Å². The number of primary amides is 1. The van der Waals surface area contributed by atoms with Crippen LogP contribution >= 0.6 is 0 Å². The van der Waals surface area contributed by atoms with Gasteiger partial charge in [-0.1, -0.05) is 5.16 Å². The van der Waals surface area contributed by atoms with Gasteiger partial charge in [0.25, 0.3) is 0 Å². The Morgan fingerprint density at radius 1 is 1.33 bits per heavy atom. The number of aryl methyl sites for hydroxylation is 2. The summed E-state index contributed by atoms with van der Waals surface area (Å²) in [6, 6.07) is 6.67. The lowest BCUT2D eigenvalue weighted by atomic mass is 10.2. The molecule has 1 aromatic heterocycles. The number of carbonyl (C=O) groups excluding carboxylic acids is 1. The van der Waals surface area contributed by atoms with Crippen molar-refractivity contribution in [2.45, 2.75) is 20.5 Å². The lowest BCUT2D eigenvalue weighted by molar-refractivity contribution is 0.100. The quantitative estimate of drug-likeness (QED) is 0.894. The Morgan fingerprint density at radius 3 is 2.50 bits per heavy atom. The molecular weight excluding hydrogens is 232 g/mol. The number of nitrogens with two attached hydrogens (primary N) is 1. The summed E-state index contributed by atoms with van der Waals surface area (Å²) in [6.07, 6.45) is 0. The second-order valence-corrected chi connectivity index (χ2v) is 3.98. The fraction of sp³-hybridized carbons (Fsp3) is 0.231. The van der Waals surface area contributed by atoms with Gasteiger partial charge in [-0.05, 0) is 38.1 Å². The number of ether oxygens (including phenoxy) is 1. The molecule has 18 heavy (non-hydrogen) atoms. The average molecular weight is 246 g/mol. The molecule has 1 heterocycles. The van der Waals surface area contributed by atoms with E-state index in [-0.39, 0.29) is 0 Å². The molecular formula is C13H14N2O3. The SMILES string of the molecule is Cc1noc(C)c1COc1ccc(C(N)=O)cc1. The van der Waals surface area contributed by atoms with Crippen molar-refractivity contribution < 1.29 is 14.1 Å². The Labute approximate surface area is 105 Å². The fourth-order valence-electron chi connectivity index (χ4n) is 1.58. The molecule has 0 spiro atoms. The van der Waals surface area contributed by atoms with Gasteiger partial charge in [0.2, 0.25) is 5.91 Å². The van der Waals surface area contributed by atoms with Crippen molar-refractivity contribution in [2.75, 3.05) is 0 Å². The summed E-state index contributed by atoms with van der Waals surface area (Å²) in [4.78, 5) is 10.9. The molecule has 0 aliphatic heterocycles. The fourth-order valence-corrected chi connectivity index (χ4v) is 1.58. The largest absolute Gasteiger partial charge is 0.489 e. The highest BCUT2D eigenvalue weighted by molar-refractivity contribution is 5.92. The van der Waals surface area contributed by atoms with Crippen molar-refractivity contribution >= 4 is 5.91 Å². The van der Waals surface area contributed by atoms with Crippen LogP contribution in [0.4, 0.5) is 0 Å². The summed E-state index contributed by atoms with van der Waals surface area (Å²) in [6.45, 7) is 4.09. The molecule has 0 bridgehead atoms. The third kappa shape index (κ3) is 2.51. The number of amides is 1. The van der Waals surface area contributed by atoms with Crippen molar-refractivity contribution in [2.24, 2.45) is 5.73 Å². The van der Waals surface area contributed by atoms with Gasteiger partial charge in [-0.15, -0.1) is 0 Å². The van der Waals surface area contributed by atoms with E-state index < -0.39 is 5.91 Å². The Hall–Kier alpha value is -2.30. The van der Waals surface area contributed by atoms with E-state index >= 15 is 0 Å². The van der Waals surface area contributed by atoms with Crippen LogP contribution < -0.4 is 10.5 Å². The van der Waals surface area contributed by atoms with Crippen molar-refractivity contribution in [1.29, 1.82) is 0 Å². The standard InChI is InChI=1S/C13H14N2O3/c1-8-12(9(2)18-15-8)7-17-11-5-3-10(4-6-11)13(14)16/h3-6H,7H2,1-2H3,(H2,14,16). The zero-order chi connectivity index (χ0) is 13.1.